The lowest BCUT2D eigenvalue weighted by molar-refractivity contribution is -0.147. The van der Waals surface area contributed by atoms with Gasteiger partial charge in [-0.05, 0) is 52.7 Å². The first kappa shape index (κ1) is 16.1. The van der Waals surface area contributed by atoms with Crippen LogP contribution < -0.4 is 5.73 Å². The van der Waals surface area contributed by atoms with Gasteiger partial charge in [-0.25, -0.2) is 0 Å². The molecule has 118 valence electrons. The zero-order valence-electron chi connectivity index (χ0n) is 13.7. The van der Waals surface area contributed by atoms with Crippen molar-refractivity contribution >= 4 is 5.91 Å². The Bertz CT molecular complexity index is 465. The molecule has 0 aliphatic heterocycles. The zero-order valence-corrected chi connectivity index (χ0v) is 13.7. The molecule has 2 N–H and O–H groups in total. The Kier molecular flexibility index (Phi) is 4.47. The van der Waals surface area contributed by atoms with E-state index in [0.29, 0.717) is 12.6 Å². The Balaban J connectivity index is 2.24. The van der Waals surface area contributed by atoms with Gasteiger partial charge in [0, 0.05) is 11.6 Å². The third-order valence-electron chi connectivity index (χ3n) is 5.08. The average Bonchev–Trinajstić information content (AvgIpc) is 3.06. The van der Waals surface area contributed by atoms with Crippen LogP contribution in [0.25, 0.3) is 0 Å². The van der Waals surface area contributed by atoms with Crippen LogP contribution in [0.4, 0.5) is 0 Å². The van der Waals surface area contributed by atoms with Gasteiger partial charge in [-0.3, -0.25) is 4.79 Å². The summed E-state index contributed by atoms with van der Waals surface area (Å²) in [6, 6.07) is 4.10. The number of rotatable bonds is 5. The Morgan fingerprint density at radius 1 is 1.33 bits per heavy atom. The summed E-state index contributed by atoms with van der Waals surface area (Å²) >= 11 is 0. The number of nitrogens with zero attached hydrogens (tertiary/aromatic N) is 1. The summed E-state index contributed by atoms with van der Waals surface area (Å²) in [6.07, 6.45) is 6.20. The fourth-order valence-electron chi connectivity index (χ4n) is 2.79. The number of carbonyl (C=O) groups is 1. The number of carbonyl (C=O) groups excluding carboxylic acids is 1. The molecule has 1 aliphatic rings. The molecule has 1 aromatic rings. The Labute approximate surface area is 127 Å². The van der Waals surface area contributed by atoms with Crippen LogP contribution >= 0.6 is 0 Å². The van der Waals surface area contributed by atoms with Gasteiger partial charge in [-0.2, -0.15) is 0 Å². The molecule has 1 amide bonds. The molecule has 4 nitrogen and oxygen atoms in total. The maximum Gasteiger partial charge on any atom is 0.230 e. The number of furan rings is 1. The molecule has 0 bridgehead atoms. The Morgan fingerprint density at radius 2 is 1.95 bits per heavy atom. The first-order valence-electron chi connectivity index (χ1n) is 7.86. The topological polar surface area (TPSA) is 59.5 Å². The lowest BCUT2D eigenvalue weighted by Crippen LogP contribution is -2.57. The first-order chi connectivity index (χ1) is 9.73. The van der Waals surface area contributed by atoms with Crippen LogP contribution in [0.5, 0.6) is 0 Å². The maximum absolute atomic E-state index is 13.1. The van der Waals surface area contributed by atoms with E-state index in [9.17, 15) is 4.79 Å². The summed E-state index contributed by atoms with van der Waals surface area (Å²) in [6.45, 7) is 8.27. The second kappa shape index (κ2) is 5.84. The highest BCUT2D eigenvalue weighted by Crippen LogP contribution is 2.35. The molecule has 0 aromatic carbocycles. The van der Waals surface area contributed by atoms with E-state index in [2.05, 4.69) is 0 Å². The van der Waals surface area contributed by atoms with E-state index in [-0.39, 0.29) is 5.91 Å². The lowest BCUT2D eigenvalue weighted by Gasteiger charge is -2.42. The number of hydrogen-bond acceptors (Lipinski definition) is 3. The van der Waals surface area contributed by atoms with Gasteiger partial charge < -0.3 is 15.1 Å². The fraction of sp³-hybridized carbons (Fsp3) is 0.706. The third-order valence-corrected chi connectivity index (χ3v) is 5.08. The van der Waals surface area contributed by atoms with E-state index in [4.69, 9.17) is 10.2 Å². The van der Waals surface area contributed by atoms with Gasteiger partial charge >= 0.3 is 0 Å². The van der Waals surface area contributed by atoms with Crippen LogP contribution in [0, 0.1) is 5.41 Å². The Morgan fingerprint density at radius 3 is 2.43 bits per heavy atom. The zero-order chi connectivity index (χ0) is 15.7. The SMILES string of the molecule is CC(C)(N)C(C)(C)C(=O)N(Cc1ccco1)C1CCCC1. The van der Waals surface area contributed by atoms with E-state index in [1.54, 1.807) is 6.26 Å². The van der Waals surface area contributed by atoms with Gasteiger partial charge in [0.25, 0.3) is 0 Å². The second-order valence-electron chi connectivity index (χ2n) is 7.30. The van der Waals surface area contributed by atoms with E-state index in [1.165, 1.54) is 12.8 Å². The number of nitrogens with two attached hydrogens (primary N) is 1. The highest BCUT2D eigenvalue weighted by molar-refractivity contribution is 5.83. The van der Waals surface area contributed by atoms with Crippen LogP contribution in [0.2, 0.25) is 0 Å². The van der Waals surface area contributed by atoms with E-state index in [0.717, 1.165) is 18.6 Å². The molecule has 2 rings (SSSR count). The molecule has 1 aliphatic carbocycles. The second-order valence-corrected chi connectivity index (χ2v) is 7.30. The monoisotopic (exact) mass is 292 g/mol. The number of amides is 1. The molecule has 21 heavy (non-hydrogen) atoms. The van der Waals surface area contributed by atoms with Crippen molar-refractivity contribution in [1.29, 1.82) is 0 Å². The van der Waals surface area contributed by atoms with Gasteiger partial charge in [0.15, 0.2) is 0 Å². The quantitative estimate of drug-likeness (QED) is 0.905. The van der Waals surface area contributed by atoms with Crippen LogP contribution in [0.3, 0.4) is 0 Å². The highest BCUT2D eigenvalue weighted by atomic mass is 16.3. The molecule has 0 saturated heterocycles. The average molecular weight is 292 g/mol. The Hall–Kier alpha value is -1.29. The van der Waals surface area contributed by atoms with Gasteiger partial charge in [-0.15, -0.1) is 0 Å². The summed E-state index contributed by atoms with van der Waals surface area (Å²) < 4.78 is 5.45. The van der Waals surface area contributed by atoms with Crippen molar-refractivity contribution in [3.05, 3.63) is 24.2 Å². The molecule has 0 spiro atoms. The minimum absolute atomic E-state index is 0.123. The normalized spacial score (nSPS) is 17.2. The molecule has 1 heterocycles. The standard InChI is InChI=1S/C17H28N2O2/c1-16(2,17(3,4)18)15(20)19(13-8-5-6-9-13)12-14-10-7-11-21-14/h7,10-11,13H,5-6,8-9,12,18H2,1-4H3. The van der Waals surface area contributed by atoms with Gasteiger partial charge in [0.05, 0.1) is 18.2 Å². The van der Waals surface area contributed by atoms with Crippen molar-refractivity contribution in [1.82, 2.24) is 4.90 Å². The van der Waals surface area contributed by atoms with E-state index >= 15 is 0 Å². The van der Waals surface area contributed by atoms with Gasteiger partial charge in [-0.1, -0.05) is 12.8 Å². The largest absolute Gasteiger partial charge is 0.467 e. The van der Waals surface area contributed by atoms with Crippen molar-refractivity contribution in [2.45, 2.75) is 71.5 Å². The van der Waals surface area contributed by atoms with Gasteiger partial charge in [0.1, 0.15) is 5.76 Å². The van der Waals surface area contributed by atoms with Crippen LogP contribution in [0.1, 0.15) is 59.1 Å². The molecule has 4 heteroatoms. The van der Waals surface area contributed by atoms with Gasteiger partial charge in [0.2, 0.25) is 5.91 Å². The third kappa shape index (κ3) is 3.31. The van der Waals surface area contributed by atoms with Crippen LogP contribution in [0.15, 0.2) is 22.8 Å². The maximum atomic E-state index is 13.1. The molecule has 1 saturated carbocycles. The number of hydrogen-bond donors (Lipinski definition) is 1. The molecule has 0 unspecified atom stereocenters. The molecule has 0 atom stereocenters. The molecule has 1 fully saturated rings. The van der Waals surface area contributed by atoms with Crippen LogP contribution in [-0.2, 0) is 11.3 Å². The summed E-state index contributed by atoms with van der Waals surface area (Å²) in [5.41, 5.74) is 5.08. The smallest absolute Gasteiger partial charge is 0.230 e. The molecule has 0 radical (unpaired) electrons. The predicted octanol–water partition coefficient (Wildman–Crippen LogP) is 3.31. The molecular weight excluding hydrogens is 264 g/mol. The summed E-state index contributed by atoms with van der Waals surface area (Å²) in [7, 11) is 0. The predicted molar refractivity (Wildman–Crippen MR) is 83.6 cm³/mol. The summed E-state index contributed by atoms with van der Waals surface area (Å²) in [5.74, 6) is 0.958. The summed E-state index contributed by atoms with van der Waals surface area (Å²) in [4.78, 5) is 15.1. The molecular formula is C17H28N2O2. The minimum Gasteiger partial charge on any atom is -0.467 e. The highest BCUT2D eigenvalue weighted by Gasteiger charge is 2.44. The lowest BCUT2D eigenvalue weighted by atomic mass is 9.74. The fourth-order valence-corrected chi connectivity index (χ4v) is 2.79. The minimum atomic E-state index is -0.609. The van der Waals surface area contributed by atoms with Crippen molar-refractivity contribution in [2.75, 3.05) is 0 Å². The summed E-state index contributed by atoms with van der Waals surface area (Å²) in [5, 5.41) is 0. The van der Waals surface area contributed by atoms with E-state index in [1.807, 2.05) is 44.7 Å². The van der Waals surface area contributed by atoms with E-state index < -0.39 is 11.0 Å². The first-order valence-corrected chi connectivity index (χ1v) is 7.86. The van der Waals surface area contributed by atoms with Crippen molar-refractivity contribution in [3.8, 4) is 0 Å². The molecule has 1 aromatic heterocycles. The van der Waals surface area contributed by atoms with Crippen molar-refractivity contribution < 1.29 is 9.21 Å². The van der Waals surface area contributed by atoms with Crippen molar-refractivity contribution in [3.63, 3.8) is 0 Å². The van der Waals surface area contributed by atoms with Crippen molar-refractivity contribution in [2.24, 2.45) is 11.1 Å². The van der Waals surface area contributed by atoms with Crippen LogP contribution in [-0.4, -0.2) is 22.4 Å².